The quantitative estimate of drug-likeness (QED) is 0.873. The summed E-state index contributed by atoms with van der Waals surface area (Å²) < 4.78 is 0. The van der Waals surface area contributed by atoms with Crippen molar-refractivity contribution in [2.45, 2.75) is 32.9 Å². The molecular weight excluding hydrogens is 296 g/mol. The zero-order valence-corrected chi connectivity index (χ0v) is 13.9. The molecule has 1 amide bonds. The molecule has 0 saturated heterocycles. The maximum absolute atomic E-state index is 12.3. The van der Waals surface area contributed by atoms with Crippen molar-refractivity contribution < 1.29 is 10.1 Å². The molecule has 0 spiro atoms. The Bertz CT molecular complexity index is 640. The van der Waals surface area contributed by atoms with E-state index < -0.39 is 0 Å². The first kappa shape index (κ1) is 16.5. The van der Waals surface area contributed by atoms with Crippen LogP contribution in [-0.4, -0.2) is 11.9 Å². The van der Waals surface area contributed by atoms with Crippen LogP contribution in [0.15, 0.2) is 48.5 Å². The number of nitrogens with one attached hydrogen (secondary N) is 1. The number of aryl methyl sites for hydroxylation is 1. The number of nitrogens with two attached hydrogens (primary N) is 1. The molecule has 22 heavy (non-hydrogen) atoms. The van der Waals surface area contributed by atoms with E-state index >= 15 is 0 Å². The minimum absolute atomic E-state index is 0.00594. The minimum atomic E-state index is -0.175. The summed E-state index contributed by atoms with van der Waals surface area (Å²) in [7, 11) is 0. The average molecular weight is 318 g/mol. The van der Waals surface area contributed by atoms with Crippen molar-refractivity contribution >= 4 is 23.2 Å². The number of hydrogen-bond acceptors (Lipinski definition) is 1. The van der Waals surface area contributed by atoms with Crippen LogP contribution < -0.4 is 10.6 Å². The Kier molecular flexibility index (Phi) is 5.58. The molecule has 0 fully saturated rings. The highest BCUT2D eigenvalue weighted by Crippen LogP contribution is 2.14. The van der Waals surface area contributed by atoms with Gasteiger partial charge in [-0.1, -0.05) is 35.9 Å². The first-order valence-electron chi connectivity index (χ1n) is 7.43. The first-order chi connectivity index (χ1) is 10.5. The molecule has 0 radical (unpaired) electrons. The van der Waals surface area contributed by atoms with Crippen molar-refractivity contribution in [2.75, 3.05) is 5.32 Å². The lowest BCUT2D eigenvalue weighted by atomic mass is 10.1. The molecule has 2 atom stereocenters. The normalized spacial score (nSPS) is 13.5. The van der Waals surface area contributed by atoms with Gasteiger partial charge in [-0.2, -0.15) is 0 Å². The molecule has 0 aliphatic heterocycles. The fourth-order valence-electron chi connectivity index (χ4n) is 2.38. The molecule has 116 valence electrons. The number of quaternary nitrogens is 1. The van der Waals surface area contributed by atoms with E-state index in [1.165, 1.54) is 0 Å². The molecule has 2 rings (SSSR count). The fourth-order valence-corrected chi connectivity index (χ4v) is 2.50. The van der Waals surface area contributed by atoms with Crippen LogP contribution in [0.4, 0.5) is 5.69 Å². The van der Waals surface area contributed by atoms with Crippen molar-refractivity contribution in [3.05, 3.63) is 64.7 Å². The summed E-state index contributed by atoms with van der Waals surface area (Å²) in [6.45, 7) is 6.01. The largest absolute Gasteiger partial charge is 0.330 e. The van der Waals surface area contributed by atoms with E-state index in [2.05, 4.69) is 12.2 Å². The van der Waals surface area contributed by atoms with E-state index in [4.69, 9.17) is 11.6 Å². The van der Waals surface area contributed by atoms with Gasteiger partial charge in [0.15, 0.2) is 6.04 Å². The van der Waals surface area contributed by atoms with Gasteiger partial charge in [0.2, 0.25) is 0 Å². The molecule has 3 N–H and O–H groups in total. The summed E-state index contributed by atoms with van der Waals surface area (Å²) in [6.07, 6.45) is 0. The zero-order chi connectivity index (χ0) is 16.1. The fraction of sp³-hybridized carbons (Fsp3) is 0.278. The number of hydrogen-bond donors (Lipinski definition) is 2. The highest BCUT2D eigenvalue weighted by Gasteiger charge is 2.20. The molecular formula is C18H22ClN2O+. The summed E-state index contributed by atoms with van der Waals surface area (Å²) in [5.74, 6) is 0.00594. The predicted octanol–water partition coefficient (Wildman–Crippen LogP) is 3.30. The first-order valence-corrected chi connectivity index (χ1v) is 7.81. The Morgan fingerprint density at radius 1 is 1.14 bits per heavy atom. The summed E-state index contributed by atoms with van der Waals surface area (Å²) in [5.41, 5.74) is 3.12. The van der Waals surface area contributed by atoms with E-state index in [1.54, 1.807) is 0 Å². The number of anilines is 1. The van der Waals surface area contributed by atoms with Crippen LogP contribution in [0.3, 0.4) is 0 Å². The molecule has 2 aromatic rings. The number of carbonyl (C=O) groups excluding carboxylic acids is 1. The van der Waals surface area contributed by atoms with Gasteiger partial charge in [0.05, 0.1) is 0 Å². The third-order valence-corrected chi connectivity index (χ3v) is 3.92. The van der Waals surface area contributed by atoms with E-state index in [-0.39, 0.29) is 18.0 Å². The molecule has 2 aromatic carbocycles. The SMILES string of the molecule is Cc1cccc(NC(=O)[C@@H](C)[NH2+][C@H](C)c2ccc(Cl)cc2)c1. The Labute approximate surface area is 136 Å². The van der Waals surface area contributed by atoms with Crippen LogP contribution >= 0.6 is 11.6 Å². The van der Waals surface area contributed by atoms with Gasteiger partial charge in [0.25, 0.3) is 5.91 Å². The second-order valence-electron chi connectivity index (χ2n) is 5.68. The highest BCUT2D eigenvalue weighted by atomic mass is 35.5. The Balaban J connectivity index is 1.94. The second kappa shape index (κ2) is 7.43. The van der Waals surface area contributed by atoms with Gasteiger partial charge in [-0.05, 0) is 50.6 Å². The minimum Gasteiger partial charge on any atom is -0.330 e. The highest BCUT2D eigenvalue weighted by molar-refractivity contribution is 6.30. The Morgan fingerprint density at radius 2 is 1.82 bits per heavy atom. The number of rotatable bonds is 5. The van der Waals surface area contributed by atoms with Crippen molar-refractivity contribution in [3.8, 4) is 0 Å². The lowest BCUT2D eigenvalue weighted by Crippen LogP contribution is -2.91. The van der Waals surface area contributed by atoms with E-state index in [9.17, 15) is 4.79 Å². The van der Waals surface area contributed by atoms with Crippen LogP contribution in [0, 0.1) is 6.92 Å². The average Bonchev–Trinajstić information content (AvgIpc) is 2.47. The topological polar surface area (TPSA) is 45.7 Å². The van der Waals surface area contributed by atoms with Crippen LogP contribution in [0.25, 0.3) is 0 Å². The third kappa shape index (κ3) is 4.58. The van der Waals surface area contributed by atoms with Crippen LogP contribution in [-0.2, 0) is 4.79 Å². The molecule has 0 saturated carbocycles. The van der Waals surface area contributed by atoms with Gasteiger partial charge in [-0.25, -0.2) is 0 Å². The van der Waals surface area contributed by atoms with Gasteiger partial charge >= 0.3 is 0 Å². The van der Waals surface area contributed by atoms with E-state index in [0.29, 0.717) is 0 Å². The van der Waals surface area contributed by atoms with Gasteiger partial charge in [0, 0.05) is 16.3 Å². The number of amides is 1. The van der Waals surface area contributed by atoms with Crippen molar-refractivity contribution in [3.63, 3.8) is 0 Å². The number of carbonyl (C=O) groups is 1. The van der Waals surface area contributed by atoms with Gasteiger partial charge in [-0.15, -0.1) is 0 Å². The molecule has 0 aromatic heterocycles. The Morgan fingerprint density at radius 3 is 2.45 bits per heavy atom. The van der Waals surface area contributed by atoms with Crippen LogP contribution in [0.2, 0.25) is 5.02 Å². The van der Waals surface area contributed by atoms with Gasteiger partial charge in [-0.3, -0.25) is 4.79 Å². The van der Waals surface area contributed by atoms with Crippen molar-refractivity contribution in [2.24, 2.45) is 0 Å². The second-order valence-corrected chi connectivity index (χ2v) is 6.12. The smallest absolute Gasteiger partial charge is 0.282 e. The molecule has 0 aliphatic rings. The van der Waals surface area contributed by atoms with Gasteiger partial charge in [0.1, 0.15) is 6.04 Å². The van der Waals surface area contributed by atoms with Gasteiger partial charge < -0.3 is 10.6 Å². The third-order valence-electron chi connectivity index (χ3n) is 3.67. The molecule has 3 nitrogen and oxygen atoms in total. The summed E-state index contributed by atoms with van der Waals surface area (Å²) in [6, 6.07) is 15.6. The maximum atomic E-state index is 12.3. The summed E-state index contributed by atoms with van der Waals surface area (Å²) in [4.78, 5) is 12.3. The molecule has 4 heteroatoms. The predicted molar refractivity (Wildman–Crippen MR) is 91.1 cm³/mol. The van der Waals surface area contributed by atoms with Crippen molar-refractivity contribution in [1.82, 2.24) is 0 Å². The lowest BCUT2D eigenvalue weighted by molar-refractivity contribution is -0.709. The summed E-state index contributed by atoms with van der Waals surface area (Å²) in [5, 5.41) is 5.73. The van der Waals surface area contributed by atoms with E-state index in [0.717, 1.165) is 21.8 Å². The van der Waals surface area contributed by atoms with Crippen LogP contribution in [0.1, 0.15) is 31.0 Å². The molecule has 0 heterocycles. The maximum Gasteiger partial charge on any atom is 0.282 e. The van der Waals surface area contributed by atoms with Crippen LogP contribution in [0.5, 0.6) is 0 Å². The summed E-state index contributed by atoms with van der Waals surface area (Å²) >= 11 is 5.90. The van der Waals surface area contributed by atoms with Crippen molar-refractivity contribution in [1.29, 1.82) is 0 Å². The Hall–Kier alpha value is -1.84. The van der Waals surface area contributed by atoms with E-state index in [1.807, 2.05) is 67.7 Å². The molecule has 0 bridgehead atoms. The lowest BCUT2D eigenvalue weighted by Gasteiger charge is -2.17. The monoisotopic (exact) mass is 317 g/mol. The molecule has 0 unspecified atom stereocenters. The zero-order valence-electron chi connectivity index (χ0n) is 13.1. The molecule has 0 aliphatic carbocycles. The number of halogens is 1. The standard InChI is InChI=1S/C18H21ClN2O/c1-12-5-4-6-17(11-12)21-18(22)14(3)20-13(2)15-7-9-16(19)10-8-15/h4-11,13-14,20H,1-3H3,(H,21,22)/p+1/t13-,14-/m1/s1. The number of benzene rings is 2.